The molecule has 2 aromatic rings. The Morgan fingerprint density at radius 3 is 2.68 bits per heavy atom. The summed E-state index contributed by atoms with van der Waals surface area (Å²) in [5.74, 6) is 0.189. The molecule has 1 aromatic carbocycles. The number of pyridine rings is 1. The molecule has 1 atom stereocenters. The molecular weight excluding hydrogens is 276 g/mol. The molecule has 4 nitrogen and oxygen atoms in total. The van der Waals surface area contributed by atoms with Crippen molar-refractivity contribution < 1.29 is 9.53 Å². The van der Waals surface area contributed by atoms with Gasteiger partial charge in [0.1, 0.15) is 0 Å². The first-order valence-corrected chi connectivity index (χ1v) is 7.55. The van der Waals surface area contributed by atoms with Gasteiger partial charge in [-0.15, -0.1) is 0 Å². The average Bonchev–Trinajstić information content (AvgIpc) is 2.53. The maximum atomic E-state index is 11.5. The van der Waals surface area contributed by atoms with Crippen molar-refractivity contribution in [3.05, 3.63) is 65.5 Å². The normalized spacial score (nSPS) is 11.7. The van der Waals surface area contributed by atoms with Crippen LogP contribution in [0.25, 0.3) is 0 Å². The fourth-order valence-electron chi connectivity index (χ4n) is 2.34. The van der Waals surface area contributed by atoms with Crippen molar-refractivity contribution in [2.24, 2.45) is 0 Å². The van der Waals surface area contributed by atoms with Gasteiger partial charge in [-0.25, -0.2) is 4.79 Å². The number of ether oxygens (including phenoxy) is 1. The lowest BCUT2D eigenvalue weighted by atomic mass is 9.92. The third-order valence-corrected chi connectivity index (χ3v) is 3.52. The molecule has 0 radical (unpaired) electrons. The van der Waals surface area contributed by atoms with E-state index in [0.29, 0.717) is 13.2 Å². The molecule has 116 valence electrons. The van der Waals surface area contributed by atoms with Gasteiger partial charge in [-0.05, 0) is 37.5 Å². The van der Waals surface area contributed by atoms with Crippen LogP contribution in [-0.2, 0) is 11.2 Å². The van der Waals surface area contributed by atoms with Crippen molar-refractivity contribution in [2.45, 2.75) is 26.2 Å². The number of benzene rings is 1. The number of nitrogens with one attached hydrogen (secondary N) is 1. The topological polar surface area (TPSA) is 51.2 Å². The number of carbonyl (C=O) groups is 1. The number of nitrogens with zero attached hydrogens (tertiary/aromatic N) is 1. The number of carbonyl (C=O) groups excluding carboxylic acids is 1. The van der Waals surface area contributed by atoms with Crippen LogP contribution in [0.1, 0.15) is 29.5 Å². The summed E-state index contributed by atoms with van der Waals surface area (Å²) in [5, 5.41) is 2.84. The molecule has 0 fully saturated rings. The largest absolute Gasteiger partial charge is 0.450 e. The molecule has 4 heteroatoms. The van der Waals surface area contributed by atoms with E-state index in [1.807, 2.05) is 12.3 Å². The molecular formula is C18H22N2O2. The van der Waals surface area contributed by atoms with Gasteiger partial charge in [0.15, 0.2) is 0 Å². The molecule has 0 spiro atoms. The Kier molecular flexibility index (Phi) is 5.95. The van der Waals surface area contributed by atoms with Gasteiger partial charge in [0.25, 0.3) is 0 Å². The zero-order valence-electron chi connectivity index (χ0n) is 13.1. The fraction of sp³-hybridized carbons (Fsp3) is 0.333. The monoisotopic (exact) mass is 298 g/mol. The maximum Gasteiger partial charge on any atom is 0.407 e. The van der Waals surface area contributed by atoms with Crippen LogP contribution >= 0.6 is 0 Å². The van der Waals surface area contributed by atoms with Crippen LogP contribution in [0.4, 0.5) is 4.79 Å². The lowest BCUT2D eigenvalue weighted by Gasteiger charge is -2.18. The molecule has 0 saturated heterocycles. The van der Waals surface area contributed by atoms with Gasteiger partial charge in [-0.1, -0.05) is 35.9 Å². The highest BCUT2D eigenvalue weighted by atomic mass is 16.5. The van der Waals surface area contributed by atoms with Gasteiger partial charge in [-0.2, -0.15) is 0 Å². The Morgan fingerprint density at radius 1 is 1.27 bits per heavy atom. The maximum absolute atomic E-state index is 11.5. The van der Waals surface area contributed by atoms with Crippen molar-refractivity contribution in [1.82, 2.24) is 10.3 Å². The molecule has 1 amide bonds. The summed E-state index contributed by atoms with van der Waals surface area (Å²) >= 11 is 0. The second-order valence-electron chi connectivity index (χ2n) is 5.27. The van der Waals surface area contributed by atoms with Crippen LogP contribution in [-0.4, -0.2) is 24.2 Å². The Morgan fingerprint density at radius 2 is 2.05 bits per heavy atom. The third-order valence-electron chi connectivity index (χ3n) is 3.52. The molecule has 1 N–H and O–H groups in total. The molecule has 0 aliphatic heterocycles. The molecule has 0 saturated carbocycles. The van der Waals surface area contributed by atoms with E-state index in [0.717, 1.165) is 12.0 Å². The molecule has 0 aliphatic carbocycles. The summed E-state index contributed by atoms with van der Waals surface area (Å²) < 4.78 is 4.94. The average molecular weight is 298 g/mol. The first kappa shape index (κ1) is 16.0. The summed E-state index contributed by atoms with van der Waals surface area (Å²) in [6.45, 7) is 4.78. The highest BCUT2D eigenvalue weighted by Crippen LogP contribution is 2.20. The molecule has 1 aromatic heterocycles. The molecule has 0 aliphatic rings. The molecule has 1 heterocycles. The second kappa shape index (κ2) is 8.17. The number of rotatable bonds is 6. The molecule has 0 bridgehead atoms. The van der Waals surface area contributed by atoms with Crippen molar-refractivity contribution in [1.29, 1.82) is 0 Å². The van der Waals surface area contributed by atoms with E-state index in [9.17, 15) is 4.79 Å². The summed E-state index contributed by atoms with van der Waals surface area (Å²) in [6.07, 6.45) is 4.08. The molecule has 2 rings (SSSR count). The van der Waals surface area contributed by atoms with Gasteiger partial charge in [0.2, 0.25) is 0 Å². The summed E-state index contributed by atoms with van der Waals surface area (Å²) in [4.78, 5) is 15.7. The zero-order chi connectivity index (χ0) is 15.8. The second-order valence-corrected chi connectivity index (χ2v) is 5.27. The van der Waals surface area contributed by atoms with E-state index in [1.165, 1.54) is 11.1 Å². The smallest absolute Gasteiger partial charge is 0.407 e. The van der Waals surface area contributed by atoms with E-state index in [-0.39, 0.29) is 12.0 Å². The van der Waals surface area contributed by atoms with Crippen LogP contribution < -0.4 is 5.32 Å². The van der Waals surface area contributed by atoms with Crippen LogP contribution in [0.3, 0.4) is 0 Å². The lowest BCUT2D eigenvalue weighted by molar-refractivity contribution is 0.151. The lowest BCUT2D eigenvalue weighted by Crippen LogP contribution is -2.29. The van der Waals surface area contributed by atoms with Gasteiger partial charge in [-0.3, -0.25) is 4.98 Å². The van der Waals surface area contributed by atoms with E-state index in [4.69, 9.17) is 4.74 Å². The number of hydrogen-bond acceptors (Lipinski definition) is 3. The van der Waals surface area contributed by atoms with Gasteiger partial charge in [0.05, 0.1) is 6.61 Å². The number of amides is 1. The minimum atomic E-state index is -0.370. The Hall–Kier alpha value is -2.36. The van der Waals surface area contributed by atoms with E-state index >= 15 is 0 Å². The number of hydrogen-bond donors (Lipinski definition) is 1. The van der Waals surface area contributed by atoms with Crippen LogP contribution in [0.2, 0.25) is 0 Å². The van der Waals surface area contributed by atoms with E-state index in [2.05, 4.69) is 47.6 Å². The summed E-state index contributed by atoms with van der Waals surface area (Å²) in [7, 11) is 0. The minimum Gasteiger partial charge on any atom is -0.450 e. The highest BCUT2D eigenvalue weighted by molar-refractivity contribution is 5.67. The predicted molar refractivity (Wildman–Crippen MR) is 86.9 cm³/mol. The summed E-state index contributed by atoms with van der Waals surface area (Å²) in [6, 6.07) is 12.4. The zero-order valence-corrected chi connectivity index (χ0v) is 13.1. The number of aryl methyl sites for hydroxylation is 1. The van der Waals surface area contributed by atoms with Gasteiger partial charge in [0, 0.05) is 24.9 Å². The quantitative estimate of drug-likeness (QED) is 0.888. The van der Waals surface area contributed by atoms with Crippen molar-refractivity contribution in [3.63, 3.8) is 0 Å². The SMILES string of the molecule is CCOC(=O)NCC(Cc1cccnc1)c1ccc(C)cc1. The standard InChI is InChI=1S/C18H22N2O2/c1-3-22-18(21)20-13-17(11-15-5-4-10-19-12-15)16-8-6-14(2)7-9-16/h4-10,12,17H,3,11,13H2,1-2H3,(H,20,21). The first-order chi connectivity index (χ1) is 10.7. The van der Waals surface area contributed by atoms with Crippen molar-refractivity contribution in [2.75, 3.05) is 13.2 Å². The highest BCUT2D eigenvalue weighted by Gasteiger charge is 2.14. The van der Waals surface area contributed by atoms with E-state index in [1.54, 1.807) is 13.1 Å². The Balaban J connectivity index is 2.09. The van der Waals surface area contributed by atoms with Gasteiger partial charge >= 0.3 is 6.09 Å². The minimum absolute atomic E-state index is 0.189. The van der Waals surface area contributed by atoms with Crippen molar-refractivity contribution in [3.8, 4) is 0 Å². The predicted octanol–water partition coefficient (Wildman–Crippen LogP) is 3.46. The summed E-state index contributed by atoms with van der Waals surface area (Å²) in [5.41, 5.74) is 3.58. The van der Waals surface area contributed by atoms with Crippen LogP contribution in [0.5, 0.6) is 0 Å². The number of alkyl carbamates (subject to hydrolysis) is 1. The number of aromatic nitrogens is 1. The fourth-order valence-corrected chi connectivity index (χ4v) is 2.34. The van der Waals surface area contributed by atoms with Crippen LogP contribution in [0, 0.1) is 6.92 Å². The Bertz CT molecular complexity index is 582. The van der Waals surface area contributed by atoms with Crippen molar-refractivity contribution >= 4 is 6.09 Å². The van der Waals surface area contributed by atoms with Gasteiger partial charge < -0.3 is 10.1 Å². The van der Waals surface area contributed by atoms with Crippen LogP contribution in [0.15, 0.2) is 48.8 Å². The molecule has 22 heavy (non-hydrogen) atoms. The first-order valence-electron chi connectivity index (χ1n) is 7.55. The Labute approximate surface area is 131 Å². The molecule has 1 unspecified atom stereocenters. The third kappa shape index (κ3) is 4.88. The van der Waals surface area contributed by atoms with E-state index < -0.39 is 0 Å².